The van der Waals surface area contributed by atoms with Crippen molar-refractivity contribution < 1.29 is 18.3 Å². The number of hydrogen-bond acceptors (Lipinski definition) is 4. The summed E-state index contributed by atoms with van der Waals surface area (Å²) in [5.74, 6) is -0.593. The van der Waals surface area contributed by atoms with E-state index >= 15 is 0 Å². The lowest BCUT2D eigenvalue weighted by atomic mass is 9.95. The standard InChI is InChI=1S/C23H28F2N2O2.C2H3N/c1-16-15-26(13-14-27(16)22(28)29-23(2,3)4)21(17-5-9-19(24)10-6-17)18-7-11-20(25)12-8-18;1-2-3/h5-12,16,21H,13-15H2,1-4H3;1H3. The number of benzene rings is 2. The van der Waals surface area contributed by atoms with Crippen LogP contribution < -0.4 is 0 Å². The predicted octanol–water partition coefficient (Wildman–Crippen LogP) is 5.53. The van der Waals surface area contributed by atoms with Gasteiger partial charge >= 0.3 is 6.09 Å². The van der Waals surface area contributed by atoms with Gasteiger partial charge in [0.05, 0.1) is 12.1 Å². The van der Waals surface area contributed by atoms with Crippen LogP contribution in [0.2, 0.25) is 0 Å². The van der Waals surface area contributed by atoms with Gasteiger partial charge in [0.2, 0.25) is 0 Å². The number of carbonyl (C=O) groups is 1. The Hall–Kier alpha value is -2.98. The molecule has 5 nitrogen and oxygen atoms in total. The van der Waals surface area contributed by atoms with Gasteiger partial charge in [0.25, 0.3) is 0 Å². The molecule has 0 aliphatic carbocycles. The van der Waals surface area contributed by atoms with Crippen molar-refractivity contribution in [2.75, 3.05) is 19.6 Å². The molecule has 3 rings (SSSR count). The second-order valence-corrected chi connectivity index (χ2v) is 8.75. The van der Waals surface area contributed by atoms with Crippen molar-refractivity contribution in [3.05, 3.63) is 71.3 Å². The van der Waals surface area contributed by atoms with Crippen LogP contribution in [0.1, 0.15) is 51.8 Å². The fourth-order valence-electron chi connectivity index (χ4n) is 3.72. The number of piperazine rings is 1. The van der Waals surface area contributed by atoms with Gasteiger partial charge in [-0.15, -0.1) is 0 Å². The van der Waals surface area contributed by atoms with Gasteiger partial charge in [0.15, 0.2) is 0 Å². The molecule has 0 aromatic heterocycles. The maximum absolute atomic E-state index is 13.5. The minimum atomic E-state index is -0.543. The van der Waals surface area contributed by atoms with Crippen molar-refractivity contribution in [1.29, 1.82) is 5.26 Å². The summed E-state index contributed by atoms with van der Waals surface area (Å²) in [6, 6.07) is 14.3. The number of ether oxygens (including phenoxy) is 1. The van der Waals surface area contributed by atoms with Crippen LogP contribution in [0.5, 0.6) is 0 Å². The Labute approximate surface area is 189 Å². The average molecular weight is 444 g/mol. The zero-order valence-corrected chi connectivity index (χ0v) is 19.3. The maximum Gasteiger partial charge on any atom is 0.410 e. The first-order valence-corrected chi connectivity index (χ1v) is 10.6. The molecule has 0 N–H and O–H groups in total. The summed E-state index contributed by atoms with van der Waals surface area (Å²) in [4.78, 5) is 16.5. The van der Waals surface area contributed by atoms with Gasteiger partial charge in [-0.1, -0.05) is 24.3 Å². The van der Waals surface area contributed by atoms with Gasteiger partial charge < -0.3 is 9.64 Å². The highest BCUT2D eigenvalue weighted by molar-refractivity contribution is 5.68. The predicted molar refractivity (Wildman–Crippen MR) is 120 cm³/mol. The molecule has 1 aliphatic heterocycles. The molecule has 1 fully saturated rings. The number of rotatable bonds is 3. The maximum atomic E-state index is 13.5. The summed E-state index contributed by atoms with van der Waals surface area (Å²) >= 11 is 0. The summed E-state index contributed by atoms with van der Waals surface area (Å²) in [6.07, 6.45) is -0.315. The van der Waals surface area contributed by atoms with E-state index < -0.39 is 5.60 Å². The molecular weight excluding hydrogens is 412 g/mol. The van der Waals surface area contributed by atoms with Crippen LogP contribution in [0.15, 0.2) is 48.5 Å². The third-order valence-corrected chi connectivity index (χ3v) is 5.02. The van der Waals surface area contributed by atoms with Crippen LogP contribution >= 0.6 is 0 Å². The summed E-state index contributed by atoms with van der Waals surface area (Å²) < 4.78 is 32.5. The Morgan fingerprint density at radius 1 is 1.03 bits per heavy atom. The zero-order chi connectivity index (χ0) is 23.9. The molecular formula is C25H31F2N3O2. The van der Waals surface area contributed by atoms with E-state index in [1.54, 1.807) is 35.2 Å². The zero-order valence-electron chi connectivity index (χ0n) is 19.3. The monoisotopic (exact) mass is 443 g/mol. The smallest absolute Gasteiger partial charge is 0.410 e. The first kappa shape index (κ1) is 25.3. The van der Waals surface area contributed by atoms with Crippen molar-refractivity contribution in [3.63, 3.8) is 0 Å². The normalized spacial score (nSPS) is 16.7. The third-order valence-electron chi connectivity index (χ3n) is 5.02. The average Bonchev–Trinajstić information content (AvgIpc) is 2.70. The van der Waals surface area contributed by atoms with Gasteiger partial charge in [-0.25, -0.2) is 13.6 Å². The topological polar surface area (TPSA) is 56.6 Å². The van der Waals surface area contributed by atoms with Crippen molar-refractivity contribution in [2.24, 2.45) is 0 Å². The lowest BCUT2D eigenvalue weighted by Crippen LogP contribution is -2.55. The molecule has 2 aromatic rings. The highest BCUT2D eigenvalue weighted by atomic mass is 19.1. The lowest BCUT2D eigenvalue weighted by molar-refractivity contribution is -0.00223. The van der Waals surface area contributed by atoms with E-state index in [4.69, 9.17) is 10.00 Å². The van der Waals surface area contributed by atoms with E-state index in [2.05, 4.69) is 4.90 Å². The molecule has 1 unspecified atom stereocenters. The second-order valence-electron chi connectivity index (χ2n) is 8.75. The van der Waals surface area contributed by atoms with E-state index in [1.807, 2.05) is 27.7 Å². The Bertz CT molecular complexity index is 873. The molecule has 0 spiro atoms. The van der Waals surface area contributed by atoms with E-state index in [-0.39, 0.29) is 29.8 Å². The summed E-state index contributed by atoms with van der Waals surface area (Å²) in [7, 11) is 0. The molecule has 32 heavy (non-hydrogen) atoms. The van der Waals surface area contributed by atoms with Crippen LogP contribution in [0.4, 0.5) is 13.6 Å². The Kier molecular flexibility index (Phi) is 8.73. The molecule has 172 valence electrons. The van der Waals surface area contributed by atoms with Gasteiger partial charge in [-0.2, -0.15) is 5.26 Å². The van der Waals surface area contributed by atoms with Crippen LogP contribution in [-0.2, 0) is 4.74 Å². The molecule has 1 aliphatic rings. The Balaban J connectivity index is 0.00000114. The number of nitriles is 1. The molecule has 2 aromatic carbocycles. The minimum Gasteiger partial charge on any atom is -0.444 e. The second kappa shape index (κ2) is 11.1. The fraction of sp³-hybridized carbons (Fsp3) is 0.440. The van der Waals surface area contributed by atoms with E-state index in [1.165, 1.54) is 31.2 Å². The molecule has 1 heterocycles. The Morgan fingerprint density at radius 2 is 1.47 bits per heavy atom. The summed E-state index contributed by atoms with van der Waals surface area (Å²) in [5, 5.41) is 7.32. The number of carbonyl (C=O) groups excluding carboxylic acids is 1. The molecule has 1 atom stereocenters. The van der Waals surface area contributed by atoms with Crippen LogP contribution in [0, 0.1) is 23.0 Å². The molecule has 0 radical (unpaired) electrons. The minimum absolute atomic E-state index is 0.0537. The van der Waals surface area contributed by atoms with E-state index in [0.717, 1.165) is 11.1 Å². The van der Waals surface area contributed by atoms with E-state index in [9.17, 15) is 13.6 Å². The highest BCUT2D eigenvalue weighted by Crippen LogP contribution is 2.31. The summed E-state index contributed by atoms with van der Waals surface area (Å²) in [6.45, 7) is 10.7. The number of halogens is 2. The van der Waals surface area contributed by atoms with Crippen molar-refractivity contribution in [2.45, 2.75) is 52.3 Å². The van der Waals surface area contributed by atoms with Gasteiger partial charge in [-0.3, -0.25) is 4.90 Å². The van der Waals surface area contributed by atoms with Crippen molar-refractivity contribution in [3.8, 4) is 6.07 Å². The number of amides is 1. The lowest BCUT2D eigenvalue weighted by Gasteiger charge is -2.43. The van der Waals surface area contributed by atoms with Crippen LogP contribution in [0.25, 0.3) is 0 Å². The number of nitrogens with zero attached hydrogens (tertiary/aromatic N) is 3. The van der Waals surface area contributed by atoms with Crippen LogP contribution in [0.3, 0.4) is 0 Å². The summed E-state index contributed by atoms with van der Waals surface area (Å²) in [5.41, 5.74) is 1.31. The van der Waals surface area contributed by atoms with Gasteiger partial charge in [0, 0.05) is 32.6 Å². The van der Waals surface area contributed by atoms with Crippen molar-refractivity contribution in [1.82, 2.24) is 9.80 Å². The Morgan fingerprint density at radius 3 is 1.84 bits per heavy atom. The molecule has 1 amide bonds. The molecule has 7 heteroatoms. The third kappa shape index (κ3) is 7.03. The van der Waals surface area contributed by atoms with E-state index in [0.29, 0.717) is 19.6 Å². The van der Waals surface area contributed by atoms with Crippen molar-refractivity contribution >= 4 is 6.09 Å². The van der Waals surface area contributed by atoms with Gasteiger partial charge in [-0.05, 0) is 63.1 Å². The largest absolute Gasteiger partial charge is 0.444 e. The molecule has 1 saturated heterocycles. The first-order valence-electron chi connectivity index (χ1n) is 10.6. The van der Waals surface area contributed by atoms with Crippen LogP contribution in [-0.4, -0.2) is 47.2 Å². The highest BCUT2D eigenvalue weighted by Gasteiger charge is 2.34. The molecule has 0 bridgehead atoms. The SMILES string of the molecule is CC#N.CC1CN(C(c2ccc(F)cc2)c2ccc(F)cc2)CCN1C(=O)OC(C)(C)C. The first-order chi connectivity index (χ1) is 15.1. The quantitative estimate of drug-likeness (QED) is 0.626. The number of hydrogen-bond donors (Lipinski definition) is 0. The fourth-order valence-corrected chi connectivity index (χ4v) is 3.72. The molecule has 0 saturated carbocycles. The van der Waals surface area contributed by atoms with Gasteiger partial charge in [0.1, 0.15) is 17.2 Å².